The summed E-state index contributed by atoms with van der Waals surface area (Å²) >= 11 is 0. The van der Waals surface area contributed by atoms with Crippen LogP contribution < -0.4 is 5.32 Å². The van der Waals surface area contributed by atoms with Crippen LogP contribution in [0.25, 0.3) is 0 Å². The van der Waals surface area contributed by atoms with E-state index in [-0.39, 0.29) is 11.1 Å². The number of amides is 1. The molecule has 5 heteroatoms. The second-order valence-corrected chi connectivity index (χ2v) is 4.37. The maximum absolute atomic E-state index is 13.6. The number of hydrogen-bond acceptors (Lipinski definition) is 1. The number of hydrogen-bond donors (Lipinski definition) is 1. The van der Waals surface area contributed by atoms with Crippen LogP contribution in [0.1, 0.15) is 28.9 Å². The molecule has 1 N–H and O–H groups in total. The van der Waals surface area contributed by atoms with Crippen LogP contribution in [0.2, 0.25) is 0 Å². The number of benzene rings is 2. The minimum atomic E-state index is -0.735. The molecule has 0 aliphatic heterocycles. The molecule has 1 atom stereocenters. The number of carbonyl (C=O) groups is 1. The van der Waals surface area contributed by atoms with Crippen LogP contribution in [0, 0.1) is 17.5 Å². The Bertz CT molecular complexity index is 643. The fraction of sp³-hybridized carbons (Fsp3) is 0.133. The first kappa shape index (κ1) is 14.1. The summed E-state index contributed by atoms with van der Waals surface area (Å²) in [5.74, 6) is -2.30. The van der Waals surface area contributed by atoms with Crippen molar-refractivity contribution in [1.29, 1.82) is 0 Å². The number of carbonyl (C=O) groups excluding carboxylic acids is 1. The molecule has 0 bridgehead atoms. The molecule has 2 aromatic carbocycles. The third kappa shape index (κ3) is 3.17. The van der Waals surface area contributed by atoms with Crippen molar-refractivity contribution in [2.24, 2.45) is 0 Å². The van der Waals surface area contributed by atoms with Crippen LogP contribution in [0.4, 0.5) is 13.2 Å². The Morgan fingerprint density at radius 2 is 1.75 bits per heavy atom. The van der Waals surface area contributed by atoms with E-state index in [2.05, 4.69) is 5.32 Å². The molecule has 0 aliphatic rings. The first-order valence-corrected chi connectivity index (χ1v) is 5.99. The molecule has 0 radical (unpaired) electrons. The molecule has 1 unspecified atom stereocenters. The van der Waals surface area contributed by atoms with Gasteiger partial charge in [0.1, 0.15) is 17.5 Å². The molecule has 0 spiro atoms. The number of rotatable bonds is 3. The summed E-state index contributed by atoms with van der Waals surface area (Å²) in [5.41, 5.74) is 0.156. The van der Waals surface area contributed by atoms with Crippen molar-refractivity contribution in [2.45, 2.75) is 13.0 Å². The molecule has 0 aliphatic carbocycles. The van der Waals surface area contributed by atoms with Crippen LogP contribution in [0.3, 0.4) is 0 Å². The van der Waals surface area contributed by atoms with E-state index in [1.165, 1.54) is 25.1 Å². The van der Waals surface area contributed by atoms with Crippen molar-refractivity contribution < 1.29 is 18.0 Å². The highest BCUT2D eigenvalue weighted by molar-refractivity contribution is 5.94. The normalized spacial score (nSPS) is 12.0. The van der Waals surface area contributed by atoms with Gasteiger partial charge in [-0.2, -0.15) is 0 Å². The first-order chi connectivity index (χ1) is 9.47. The molecule has 0 saturated carbocycles. The van der Waals surface area contributed by atoms with E-state index in [4.69, 9.17) is 0 Å². The lowest BCUT2D eigenvalue weighted by Gasteiger charge is -2.15. The Kier molecular flexibility index (Phi) is 4.08. The van der Waals surface area contributed by atoms with Gasteiger partial charge in [0.15, 0.2) is 0 Å². The van der Waals surface area contributed by atoms with E-state index in [9.17, 15) is 18.0 Å². The molecule has 0 fully saturated rings. The van der Waals surface area contributed by atoms with E-state index in [1.807, 2.05) is 0 Å². The van der Waals surface area contributed by atoms with Crippen LogP contribution in [0.5, 0.6) is 0 Å². The summed E-state index contributed by atoms with van der Waals surface area (Å²) in [4.78, 5) is 11.9. The smallest absolute Gasteiger partial charge is 0.251 e. The van der Waals surface area contributed by atoms with Gasteiger partial charge in [-0.3, -0.25) is 4.79 Å². The van der Waals surface area contributed by atoms with Crippen molar-refractivity contribution in [3.05, 3.63) is 71.0 Å². The predicted molar refractivity (Wildman–Crippen MR) is 68.6 cm³/mol. The van der Waals surface area contributed by atoms with Gasteiger partial charge in [0.2, 0.25) is 0 Å². The molecular formula is C15H12F3NO. The van der Waals surface area contributed by atoms with Gasteiger partial charge < -0.3 is 5.32 Å². The summed E-state index contributed by atoms with van der Waals surface area (Å²) < 4.78 is 39.7. The van der Waals surface area contributed by atoms with Crippen LogP contribution in [0.15, 0.2) is 42.5 Å². The Balaban J connectivity index is 2.17. The fourth-order valence-corrected chi connectivity index (χ4v) is 1.83. The van der Waals surface area contributed by atoms with Gasteiger partial charge in [0, 0.05) is 11.1 Å². The van der Waals surface area contributed by atoms with Gasteiger partial charge in [-0.25, -0.2) is 13.2 Å². The second kappa shape index (κ2) is 5.77. The standard InChI is InChI=1S/C15H12F3NO/c1-9(13-8-12(17)5-6-14(13)18)19-15(20)10-3-2-4-11(16)7-10/h2-9H,1H3,(H,19,20). The topological polar surface area (TPSA) is 29.1 Å². The van der Waals surface area contributed by atoms with Gasteiger partial charge in [0.25, 0.3) is 5.91 Å². The molecule has 2 aromatic rings. The van der Waals surface area contributed by atoms with Gasteiger partial charge in [0.05, 0.1) is 6.04 Å². The zero-order chi connectivity index (χ0) is 14.7. The van der Waals surface area contributed by atoms with E-state index in [0.29, 0.717) is 0 Å². The van der Waals surface area contributed by atoms with Crippen LogP contribution >= 0.6 is 0 Å². The molecule has 0 heterocycles. The van der Waals surface area contributed by atoms with Crippen molar-refractivity contribution in [1.82, 2.24) is 5.32 Å². The lowest BCUT2D eigenvalue weighted by atomic mass is 10.1. The predicted octanol–water partition coefficient (Wildman–Crippen LogP) is 3.59. The first-order valence-electron chi connectivity index (χ1n) is 5.99. The quantitative estimate of drug-likeness (QED) is 0.914. The molecule has 2 rings (SSSR count). The van der Waals surface area contributed by atoms with Crippen molar-refractivity contribution in [3.63, 3.8) is 0 Å². The maximum atomic E-state index is 13.6. The Morgan fingerprint density at radius 3 is 2.45 bits per heavy atom. The van der Waals surface area contributed by atoms with E-state index in [0.717, 1.165) is 24.3 Å². The third-order valence-electron chi connectivity index (χ3n) is 2.86. The number of halogens is 3. The summed E-state index contributed by atoms with van der Waals surface area (Å²) in [6, 6.07) is 7.41. The Morgan fingerprint density at radius 1 is 1.05 bits per heavy atom. The fourth-order valence-electron chi connectivity index (χ4n) is 1.83. The lowest BCUT2D eigenvalue weighted by Crippen LogP contribution is -2.27. The van der Waals surface area contributed by atoms with Gasteiger partial charge >= 0.3 is 0 Å². The average Bonchev–Trinajstić information content (AvgIpc) is 2.41. The highest BCUT2D eigenvalue weighted by atomic mass is 19.1. The molecule has 2 nitrogen and oxygen atoms in total. The van der Waals surface area contributed by atoms with Gasteiger partial charge in [-0.05, 0) is 43.3 Å². The summed E-state index contributed by atoms with van der Waals surface area (Å²) in [7, 11) is 0. The number of nitrogens with one attached hydrogen (secondary N) is 1. The largest absolute Gasteiger partial charge is 0.345 e. The maximum Gasteiger partial charge on any atom is 0.251 e. The summed E-state index contributed by atoms with van der Waals surface area (Å²) in [6.45, 7) is 1.52. The zero-order valence-electron chi connectivity index (χ0n) is 10.7. The van der Waals surface area contributed by atoms with Crippen LogP contribution in [-0.2, 0) is 0 Å². The monoisotopic (exact) mass is 279 g/mol. The average molecular weight is 279 g/mol. The molecule has 1 amide bonds. The van der Waals surface area contributed by atoms with Gasteiger partial charge in [-0.15, -0.1) is 0 Å². The highest BCUT2D eigenvalue weighted by Crippen LogP contribution is 2.18. The van der Waals surface area contributed by atoms with Crippen LogP contribution in [-0.4, -0.2) is 5.91 Å². The second-order valence-electron chi connectivity index (χ2n) is 4.37. The summed E-state index contributed by atoms with van der Waals surface area (Å²) in [6.07, 6.45) is 0. The minimum Gasteiger partial charge on any atom is -0.345 e. The van der Waals surface area contributed by atoms with E-state index >= 15 is 0 Å². The SMILES string of the molecule is CC(NC(=O)c1cccc(F)c1)c1cc(F)ccc1F. The lowest BCUT2D eigenvalue weighted by molar-refractivity contribution is 0.0939. The molecule has 20 heavy (non-hydrogen) atoms. The van der Waals surface area contributed by atoms with Gasteiger partial charge in [-0.1, -0.05) is 6.07 Å². The van der Waals surface area contributed by atoms with E-state index in [1.54, 1.807) is 0 Å². The Hall–Kier alpha value is -2.30. The Labute approximate surface area is 114 Å². The highest BCUT2D eigenvalue weighted by Gasteiger charge is 2.15. The van der Waals surface area contributed by atoms with E-state index < -0.39 is 29.4 Å². The van der Waals surface area contributed by atoms with Crippen molar-refractivity contribution in [2.75, 3.05) is 0 Å². The third-order valence-corrected chi connectivity index (χ3v) is 2.86. The molecule has 0 aromatic heterocycles. The van der Waals surface area contributed by atoms with Crippen molar-refractivity contribution >= 4 is 5.91 Å². The molecule has 104 valence electrons. The minimum absolute atomic E-state index is 0.0368. The summed E-state index contributed by atoms with van der Waals surface area (Å²) in [5, 5.41) is 2.50. The molecule has 0 saturated heterocycles. The molecular weight excluding hydrogens is 267 g/mol. The zero-order valence-corrected chi connectivity index (χ0v) is 10.7. The van der Waals surface area contributed by atoms with Crippen molar-refractivity contribution in [3.8, 4) is 0 Å².